The minimum absolute atomic E-state index is 0.0202. The van der Waals surface area contributed by atoms with Crippen LogP contribution in [0.4, 0.5) is 13.6 Å². The lowest BCUT2D eigenvalue weighted by molar-refractivity contribution is -0.138. The molecular weight excluding hydrogens is 614 g/mol. The lowest BCUT2D eigenvalue weighted by Crippen LogP contribution is -2.46. The van der Waals surface area contributed by atoms with Crippen molar-refractivity contribution in [3.05, 3.63) is 83.7 Å². The molecule has 4 atom stereocenters. The lowest BCUT2D eigenvalue weighted by Gasteiger charge is -2.42. The molecule has 1 fully saturated rings. The number of likely N-dealkylation sites (tertiary alicyclic amines) is 1. The highest BCUT2D eigenvalue weighted by molar-refractivity contribution is 8.00. The van der Waals surface area contributed by atoms with Gasteiger partial charge in [0.2, 0.25) is 5.91 Å². The zero-order valence-electron chi connectivity index (χ0n) is 26.5. The van der Waals surface area contributed by atoms with Crippen LogP contribution in [-0.4, -0.2) is 79.7 Å². The van der Waals surface area contributed by atoms with E-state index < -0.39 is 41.2 Å². The van der Waals surface area contributed by atoms with Crippen LogP contribution in [-0.2, 0) is 16.1 Å². The van der Waals surface area contributed by atoms with Crippen LogP contribution in [0.1, 0.15) is 45.0 Å². The quantitative estimate of drug-likeness (QED) is 0.225. The highest BCUT2D eigenvalue weighted by Crippen LogP contribution is 2.42. The highest BCUT2D eigenvalue weighted by Gasteiger charge is 2.41. The van der Waals surface area contributed by atoms with Crippen LogP contribution < -0.4 is 5.73 Å². The number of carboxylic acids is 1. The molecule has 0 bridgehead atoms. The maximum Gasteiger partial charge on any atom is 0.407 e. The van der Waals surface area contributed by atoms with E-state index in [-0.39, 0.29) is 47.9 Å². The van der Waals surface area contributed by atoms with Crippen molar-refractivity contribution in [3.8, 4) is 11.1 Å². The first-order chi connectivity index (χ1) is 21.6. The maximum atomic E-state index is 15.1. The normalized spacial score (nSPS) is 17.9. The SMILES string of the molecule is C[C@H]1CN(C(=O)O)C[C@H]1CN(C(=O)CSC[C@H](N)C(=O)O)[C@@H](c1cc(-c2cc(F)ccc2F)cn1Cc1ccccc1)C(C)(C)C. The molecule has 1 saturated heterocycles. The molecule has 46 heavy (non-hydrogen) atoms. The average Bonchev–Trinajstić information content (AvgIpc) is 3.56. The van der Waals surface area contributed by atoms with Crippen LogP contribution in [0.5, 0.6) is 0 Å². The predicted molar refractivity (Wildman–Crippen MR) is 174 cm³/mol. The second-order valence-corrected chi connectivity index (χ2v) is 14.1. The number of amides is 2. The Kier molecular flexibility index (Phi) is 11.2. The Morgan fingerprint density at radius 2 is 1.76 bits per heavy atom. The van der Waals surface area contributed by atoms with Crippen LogP contribution >= 0.6 is 11.8 Å². The third kappa shape index (κ3) is 8.47. The minimum atomic E-state index is -1.16. The molecule has 9 nitrogen and oxygen atoms in total. The van der Waals surface area contributed by atoms with Gasteiger partial charge in [-0.25, -0.2) is 13.6 Å². The standard InChI is InChI=1S/C34H42F2N4O5S/c1-21-14-39(33(44)45)17-24(21)18-40(30(41)20-46-19-28(37)32(42)43)31(34(2,3)4)29-12-23(26-13-25(35)10-11-27(26)36)16-38(29)15-22-8-6-5-7-9-22/h5-13,16,21,24,28,31H,14-15,17-20,37H2,1-4H3,(H,42,43)(H,44,45)/t21-,24-,28-,31-/m0/s1. The molecule has 1 aliphatic rings. The van der Waals surface area contributed by atoms with Gasteiger partial charge in [-0.15, -0.1) is 11.8 Å². The van der Waals surface area contributed by atoms with Gasteiger partial charge in [0, 0.05) is 54.9 Å². The summed E-state index contributed by atoms with van der Waals surface area (Å²) in [5.74, 6) is -2.75. The highest BCUT2D eigenvalue weighted by atomic mass is 32.2. The summed E-state index contributed by atoms with van der Waals surface area (Å²) in [6.45, 7) is 9.21. The topological polar surface area (TPSA) is 129 Å². The van der Waals surface area contributed by atoms with E-state index in [0.29, 0.717) is 24.3 Å². The van der Waals surface area contributed by atoms with Gasteiger partial charge in [-0.1, -0.05) is 58.0 Å². The number of aliphatic carboxylic acids is 1. The number of thioether (sulfide) groups is 1. The van der Waals surface area contributed by atoms with Gasteiger partial charge in [0.1, 0.15) is 17.7 Å². The number of nitrogens with zero attached hydrogens (tertiary/aromatic N) is 3. The molecule has 0 saturated carbocycles. The van der Waals surface area contributed by atoms with E-state index in [1.165, 1.54) is 4.90 Å². The largest absolute Gasteiger partial charge is 0.480 e. The predicted octanol–water partition coefficient (Wildman–Crippen LogP) is 5.79. The summed E-state index contributed by atoms with van der Waals surface area (Å²) < 4.78 is 31.4. The lowest BCUT2D eigenvalue weighted by atomic mass is 9.82. The number of nitrogens with two attached hydrogens (primary N) is 1. The van der Waals surface area contributed by atoms with Gasteiger partial charge in [0.15, 0.2) is 0 Å². The molecule has 1 aromatic heterocycles. The molecule has 3 aromatic rings. The first kappa shape index (κ1) is 35.0. The zero-order chi connectivity index (χ0) is 33.8. The van der Waals surface area contributed by atoms with E-state index >= 15 is 4.39 Å². The van der Waals surface area contributed by atoms with Crippen molar-refractivity contribution in [2.75, 3.05) is 31.1 Å². The van der Waals surface area contributed by atoms with Crippen molar-refractivity contribution < 1.29 is 33.4 Å². The minimum Gasteiger partial charge on any atom is -0.480 e. The van der Waals surface area contributed by atoms with Gasteiger partial charge < -0.3 is 30.3 Å². The van der Waals surface area contributed by atoms with Crippen LogP contribution in [0.15, 0.2) is 60.8 Å². The van der Waals surface area contributed by atoms with E-state index in [9.17, 15) is 29.0 Å². The Morgan fingerprint density at radius 3 is 2.37 bits per heavy atom. The van der Waals surface area contributed by atoms with Gasteiger partial charge in [0.05, 0.1) is 11.8 Å². The molecule has 1 aliphatic heterocycles. The number of rotatable bonds is 12. The van der Waals surface area contributed by atoms with Crippen LogP contribution in [0, 0.1) is 28.9 Å². The molecule has 4 rings (SSSR count). The Morgan fingerprint density at radius 1 is 1.07 bits per heavy atom. The summed E-state index contributed by atoms with van der Waals surface area (Å²) in [7, 11) is 0. The first-order valence-corrected chi connectivity index (χ1v) is 16.3. The number of hydrogen-bond acceptors (Lipinski definition) is 5. The van der Waals surface area contributed by atoms with Crippen molar-refractivity contribution in [2.24, 2.45) is 23.0 Å². The molecule has 2 heterocycles. The Hall–Kier alpha value is -3.90. The number of hydrogen-bond donors (Lipinski definition) is 3. The van der Waals surface area contributed by atoms with Crippen LogP contribution in [0.3, 0.4) is 0 Å². The summed E-state index contributed by atoms with van der Waals surface area (Å²) >= 11 is 1.13. The van der Waals surface area contributed by atoms with E-state index in [1.807, 2.05) is 62.6 Å². The fourth-order valence-corrected chi connectivity index (χ4v) is 6.93. The fraction of sp³-hybridized carbons (Fsp3) is 0.441. The van der Waals surface area contributed by atoms with Crippen LogP contribution in [0.2, 0.25) is 0 Å². The van der Waals surface area contributed by atoms with E-state index in [4.69, 9.17) is 5.73 Å². The summed E-state index contributed by atoms with van der Waals surface area (Å²) in [5, 5.41) is 18.9. The van der Waals surface area contributed by atoms with E-state index in [2.05, 4.69) is 0 Å². The second-order valence-electron chi connectivity index (χ2n) is 13.1. The van der Waals surface area contributed by atoms with Crippen molar-refractivity contribution in [1.29, 1.82) is 0 Å². The molecule has 248 valence electrons. The number of halogens is 2. The Labute approximate surface area is 272 Å². The smallest absolute Gasteiger partial charge is 0.407 e. The third-order valence-corrected chi connectivity index (χ3v) is 9.45. The maximum absolute atomic E-state index is 15.1. The Balaban J connectivity index is 1.82. The molecule has 12 heteroatoms. The van der Waals surface area contributed by atoms with Crippen molar-refractivity contribution in [1.82, 2.24) is 14.4 Å². The van der Waals surface area contributed by atoms with Gasteiger partial charge in [0.25, 0.3) is 0 Å². The summed E-state index contributed by atoms with van der Waals surface area (Å²) in [6, 6.07) is 13.1. The van der Waals surface area contributed by atoms with Crippen molar-refractivity contribution in [2.45, 2.75) is 46.3 Å². The third-order valence-electron chi connectivity index (χ3n) is 8.41. The Bertz CT molecular complexity index is 1540. The number of carbonyl (C=O) groups is 3. The number of benzene rings is 2. The molecule has 2 aromatic carbocycles. The number of carbonyl (C=O) groups excluding carboxylic acids is 1. The molecule has 0 radical (unpaired) electrons. The van der Waals surface area contributed by atoms with Gasteiger partial charge >= 0.3 is 12.1 Å². The van der Waals surface area contributed by atoms with Gasteiger partial charge in [-0.2, -0.15) is 0 Å². The second kappa shape index (κ2) is 14.7. The monoisotopic (exact) mass is 656 g/mol. The molecule has 4 N–H and O–H groups in total. The zero-order valence-corrected chi connectivity index (χ0v) is 27.3. The van der Waals surface area contributed by atoms with E-state index in [0.717, 1.165) is 35.5 Å². The molecule has 2 amide bonds. The van der Waals surface area contributed by atoms with Crippen LogP contribution in [0.25, 0.3) is 11.1 Å². The number of carboxylic acid groups (broad SMARTS) is 2. The van der Waals surface area contributed by atoms with Gasteiger partial charge in [-0.05, 0) is 47.1 Å². The van der Waals surface area contributed by atoms with Gasteiger partial charge in [-0.3, -0.25) is 9.59 Å². The first-order valence-electron chi connectivity index (χ1n) is 15.2. The summed E-state index contributed by atoms with van der Waals surface area (Å²) in [6.07, 6.45) is 0.753. The number of aromatic nitrogens is 1. The van der Waals surface area contributed by atoms with E-state index in [1.54, 1.807) is 17.2 Å². The molecule has 0 aliphatic carbocycles. The summed E-state index contributed by atoms with van der Waals surface area (Å²) in [5.41, 5.74) is 7.35. The molecule has 0 spiro atoms. The van der Waals surface area contributed by atoms with Crippen molar-refractivity contribution in [3.63, 3.8) is 0 Å². The average molecular weight is 657 g/mol. The summed E-state index contributed by atoms with van der Waals surface area (Å²) in [4.78, 5) is 40.4. The van der Waals surface area contributed by atoms with Crippen molar-refractivity contribution >= 4 is 29.7 Å². The fourth-order valence-electron chi connectivity index (χ4n) is 6.07. The molecule has 0 unspecified atom stereocenters. The molecular formula is C34H42F2N4O5S.